The standard InChI is InChI=1S/C16H17FN2O4/c1-18-14(20)13(15(21)19(2)16(18)22)10-11-4-6-12(7-5-11)23-9-3-8-17/h4-7,10H,3,8-9H2,1-2H3. The van der Waals surface area contributed by atoms with E-state index in [0.29, 0.717) is 17.7 Å². The van der Waals surface area contributed by atoms with Gasteiger partial charge in [0.05, 0.1) is 13.3 Å². The second kappa shape index (κ2) is 7.04. The molecule has 7 heteroatoms. The van der Waals surface area contributed by atoms with Gasteiger partial charge >= 0.3 is 6.03 Å². The van der Waals surface area contributed by atoms with E-state index in [4.69, 9.17) is 4.74 Å². The fourth-order valence-corrected chi connectivity index (χ4v) is 2.05. The minimum absolute atomic E-state index is 0.0827. The molecule has 2 rings (SSSR count). The van der Waals surface area contributed by atoms with E-state index < -0.39 is 24.5 Å². The molecule has 0 spiro atoms. The SMILES string of the molecule is CN1C(=O)C(=Cc2ccc(OCCCF)cc2)C(=O)N(C)C1=O. The predicted octanol–water partition coefficient (Wildman–Crippen LogP) is 1.86. The van der Waals surface area contributed by atoms with Crippen molar-refractivity contribution in [1.82, 2.24) is 9.80 Å². The average molecular weight is 320 g/mol. The van der Waals surface area contributed by atoms with Crippen LogP contribution >= 0.6 is 0 Å². The van der Waals surface area contributed by atoms with E-state index >= 15 is 0 Å². The molecule has 0 aliphatic carbocycles. The summed E-state index contributed by atoms with van der Waals surface area (Å²) in [4.78, 5) is 37.6. The number of carbonyl (C=O) groups is 3. The number of ether oxygens (including phenoxy) is 1. The Morgan fingerprint density at radius 3 is 2.13 bits per heavy atom. The molecule has 1 aromatic carbocycles. The zero-order valence-electron chi connectivity index (χ0n) is 12.9. The van der Waals surface area contributed by atoms with Crippen LogP contribution in [0.4, 0.5) is 9.18 Å². The van der Waals surface area contributed by atoms with Crippen molar-refractivity contribution in [1.29, 1.82) is 0 Å². The van der Waals surface area contributed by atoms with Gasteiger partial charge in [0.25, 0.3) is 11.8 Å². The molecule has 0 saturated carbocycles. The van der Waals surface area contributed by atoms with Crippen LogP contribution in [0.1, 0.15) is 12.0 Å². The van der Waals surface area contributed by atoms with Crippen LogP contribution in [0.3, 0.4) is 0 Å². The Balaban J connectivity index is 2.18. The zero-order chi connectivity index (χ0) is 17.0. The molecule has 6 nitrogen and oxygen atoms in total. The van der Waals surface area contributed by atoms with Gasteiger partial charge in [-0.25, -0.2) is 4.79 Å². The van der Waals surface area contributed by atoms with Crippen molar-refractivity contribution in [3.8, 4) is 5.75 Å². The number of barbiturate groups is 1. The third-order valence-corrected chi connectivity index (χ3v) is 3.38. The molecule has 122 valence electrons. The van der Waals surface area contributed by atoms with Crippen molar-refractivity contribution in [3.63, 3.8) is 0 Å². The van der Waals surface area contributed by atoms with Crippen LogP contribution in [0.5, 0.6) is 5.75 Å². The summed E-state index contributed by atoms with van der Waals surface area (Å²) in [5.74, 6) is -0.700. The van der Waals surface area contributed by atoms with Gasteiger partial charge in [-0.3, -0.25) is 23.8 Å². The number of urea groups is 1. The van der Waals surface area contributed by atoms with E-state index in [9.17, 15) is 18.8 Å². The third-order valence-electron chi connectivity index (χ3n) is 3.38. The maximum absolute atomic E-state index is 12.1. The van der Waals surface area contributed by atoms with Gasteiger partial charge in [0, 0.05) is 20.5 Å². The summed E-state index contributed by atoms with van der Waals surface area (Å²) in [6.45, 7) is -0.153. The lowest BCUT2D eigenvalue weighted by atomic mass is 10.1. The number of benzene rings is 1. The van der Waals surface area contributed by atoms with Crippen LogP contribution in [0.2, 0.25) is 0 Å². The first kappa shape index (κ1) is 16.7. The summed E-state index contributed by atoms with van der Waals surface area (Å²) < 4.78 is 17.3. The number of nitrogens with zero attached hydrogens (tertiary/aromatic N) is 2. The first-order chi connectivity index (χ1) is 11.0. The highest BCUT2D eigenvalue weighted by Gasteiger charge is 2.37. The smallest absolute Gasteiger partial charge is 0.333 e. The Labute approximate surface area is 133 Å². The van der Waals surface area contributed by atoms with Crippen LogP contribution in [0.15, 0.2) is 29.8 Å². The number of halogens is 1. The lowest BCUT2D eigenvalue weighted by molar-refractivity contribution is -0.134. The van der Waals surface area contributed by atoms with Gasteiger partial charge < -0.3 is 4.74 Å². The molecule has 23 heavy (non-hydrogen) atoms. The van der Waals surface area contributed by atoms with Crippen LogP contribution < -0.4 is 4.74 Å². The second-order valence-corrected chi connectivity index (χ2v) is 5.03. The maximum atomic E-state index is 12.1. The average Bonchev–Trinajstić information content (AvgIpc) is 2.57. The number of alkyl halides is 1. The fourth-order valence-electron chi connectivity index (χ4n) is 2.05. The van der Waals surface area contributed by atoms with E-state index in [0.717, 1.165) is 9.80 Å². The zero-order valence-corrected chi connectivity index (χ0v) is 12.9. The highest BCUT2D eigenvalue weighted by Crippen LogP contribution is 2.19. The number of hydrogen-bond acceptors (Lipinski definition) is 4. The van der Waals surface area contributed by atoms with Gasteiger partial charge in [-0.2, -0.15) is 0 Å². The van der Waals surface area contributed by atoms with E-state index in [1.807, 2.05) is 0 Å². The molecule has 0 aromatic heterocycles. The summed E-state index contributed by atoms with van der Waals surface area (Å²) in [5, 5.41) is 0. The van der Waals surface area contributed by atoms with E-state index in [2.05, 4.69) is 0 Å². The maximum Gasteiger partial charge on any atom is 0.333 e. The summed E-state index contributed by atoms with van der Waals surface area (Å²) in [6, 6.07) is 6.03. The van der Waals surface area contributed by atoms with Gasteiger partial charge in [0.1, 0.15) is 11.3 Å². The largest absolute Gasteiger partial charge is 0.493 e. The molecule has 0 atom stereocenters. The quantitative estimate of drug-likeness (QED) is 0.472. The van der Waals surface area contributed by atoms with E-state index in [1.165, 1.54) is 20.2 Å². The Bertz CT molecular complexity index is 629. The number of rotatable bonds is 5. The van der Waals surface area contributed by atoms with Gasteiger partial charge in [0.15, 0.2) is 0 Å². The molecule has 4 amide bonds. The first-order valence-electron chi connectivity index (χ1n) is 7.06. The lowest BCUT2D eigenvalue weighted by Gasteiger charge is -2.28. The summed E-state index contributed by atoms with van der Waals surface area (Å²) in [5.41, 5.74) is 0.538. The van der Waals surface area contributed by atoms with Crippen molar-refractivity contribution in [2.75, 3.05) is 27.4 Å². The van der Waals surface area contributed by atoms with Gasteiger partial charge in [-0.15, -0.1) is 0 Å². The minimum Gasteiger partial charge on any atom is -0.493 e. The Kier molecular flexibility index (Phi) is 5.10. The highest BCUT2D eigenvalue weighted by atomic mass is 19.1. The summed E-state index contributed by atoms with van der Waals surface area (Å²) >= 11 is 0. The van der Waals surface area contributed by atoms with Crippen molar-refractivity contribution in [2.24, 2.45) is 0 Å². The molecule has 0 radical (unpaired) electrons. The normalized spacial score (nSPS) is 15.3. The lowest BCUT2D eigenvalue weighted by Crippen LogP contribution is -2.52. The van der Waals surface area contributed by atoms with Crippen LogP contribution in [0.25, 0.3) is 6.08 Å². The van der Waals surface area contributed by atoms with E-state index in [-0.39, 0.29) is 12.2 Å². The molecule has 0 N–H and O–H groups in total. The molecule has 0 unspecified atom stereocenters. The number of amides is 4. The predicted molar refractivity (Wildman–Crippen MR) is 81.4 cm³/mol. The molecule has 0 bridgehead atoms. The van der Waals surface area contributed by atoms with E-state index in [1.54, 1.807) is 24.3 Å². The number of hydrogen-bond donors (Lipinski definition) is 0. The molecular weight excluding hydrogens is 303 g/mol. The monoisotopic (exact) mass is 320 g/mol. The van der Waals surface area contributed by atoms with Gasteiger partial charge in [-0.1, -0.05) is 12.1 Å². The number of likely N-dealkylation sites (N-methyl/N-ethyl adjacent to an activating group) is 2. The first-order valence-corrected chi connectivity index (χ1v) is 7.06. The van der Waals surface area contributed by atoms with Crippen LogP contribution in [-0.2, 0) is 9.59 Å². The third kappa shape index (κ3) is 3.56. The van der Waals surface area contributed by atoms with Gasteiger partial charge in [-0.05, 0) is 23.8 Å². The van der Waals surface area contributed by atoms with Crippen molar-refractivity contribution in [2.45, 2.75) is 6.42 Å². The second-order valence-electron chi connectivity index (χ2n) is 5.03. The Morgan fingerprint density at radius 1 is 1.04 bits per heavy atom. The van der Waals surface area contributed by atoms with Crippen molar-refractivity contribution >= 4 is 23.9 Å². The van der Waals surface area contributed by atoms with Crippen LogP contribution in [0, 0.1) is 0 Å². The highest BCUT2D eigenvalue weighted by molar-refractivity contribution is 6.30. The van der Waals surface area contributed by atoms with Crippen molar-refractivity contribution < 1.29 is 23.5 Å². The summed E-state index contributed by atoms with van der Waals surface area (Å²) in [6.07, 6.45) is 1.75. The molecular formula is C16H17FN2O4. The minimum atomic E-state index is -0.659. The molecule has 1 heterocycles. The van der Waals surface area contributed by atoms with Crippen LogP contribution in [-0.4, -0.2) is 55.0 Å². The topological polar surface area (TPSA) is 66.9 Å². The molecule has 1 aliphatic heterocycles. The van der Waals surface area contributed by atoms with Gasteiger partial charge in [0.2, 0.25) is 0 Å². The molecule has 1 aromatic rings. The van der Waals surface area contributed by atoms with Crippen molar-refractivity contribution in [3.05, 3.63) is 35.4 Å². The summed E-state index contributed by atoms with van der Waals surface area (Å²) in [7, 11) is 2.65. The fraction of sp³-hybridized carbons (Fsp3) is 0.312. The molecule has 1 saturated heterocycles. The number of imide groups is 2. The molecule has 1 aliphatic rings. The Morgan fingerprint density at radius 2 is 1.61 bits per heavy atom. The molecule has 1 fully saturated rings. The number of carbonyl (C=O) groups excluding carboxylic acids is 3. The Hall–Kier alpha value is -2.70.